The standard InChI is InChI=1S/Bi.La.Sr.Ti.2H/q;;+2;;2*-1. The minimum atomic E-state index is 0. The minimum Gasteiger partial charge on any atom is -1.00 e. The summed E-state index contributed by atoms with van der Waals surface area (Å²) in [5.74, 6) is 0. The number of hydrogen-bond donors (Lipinski definition) is 0. The maximum Gasteiger partial charge on any atom is 2.00 e. The smallest absolute Gasteiger partial charge is 1.00 e. The average Bonchev–Trinajstić information content (AvgIpc) is 0. The van der Waals surface area contributed by atoms with Gasteiger partial charge in [0.2, 0.25) is 0 Å². The van der Waals surface area contributed by atoms with E-state index in [0.717, 1.165) is 0 Å². The quantitative estimate of drug-likeness (QED) is 0.405. The Morgan fingerprint density at radius 1 is 1.25 bits per heavy atom. The summed E-state index contributed by atoms with van der Waals surface area (Å²) in [6.07, 6.45) is 0. The van der Waals surface area contributed by atoms with Gasteiger partial charge in [0.05, 0.1) is 0 Å². The monoisotopic (exact) mass is 486 g/mol. The van der Waals surface area contributed by atoms with E-state index in [4.69, 9.17) is 0 Å². The van der Waals surface area contributed by atoms with Crippen molar-refractivity contribution in [3.8, 4) is 0 Å². The summed E-state index contributed by atoms with van der Waals surface area (Å²) in [7, 11) is 0. The number of rotatable bonds is 0. The van der Waals surface area contributed by atoms with Crippen LogP contribution in [0.15, 0.2) is 0 Å². The van der Waals surface area contributed by atoms with Crippen LogP contribution >= 0.6 is 0 Å². The molecule has 0 nitrogen and oxygen atoms in total. The van der Waals surface area contributed by atoms with Crippen molar-refractivity contribution in [3.05, 3.63) is 0 Å². The van der Waals surface area contributed by atoms with Crippen LogP contribution < -0.4 is 0 Å². The second-order valence-corrected chi connectivity index (χ2v) is 0. The Balaban J connectivity index is 0. The third kappa shape index (κ3) is 9.55. The van der Waals surface area contributed by atoms with Gasteiger partial charge in [0.1, 0.15) is 0 Å². The molecule has 0 N–H and O–H groups in total. The van der Waals surface area contributed by atoms with E-state index in [-0.39, 0.29) is 132 Å². The molecule has 0 saturated heterocycles. The Kier molecular flexibility index (Phi) is 93.9. The van der Waals surface area contributed by atoms with E-state index >= 15 is 0 Å². The fraction of sp³-hybridized carbons (Fsp3) is 0. The minimum absolute atomic E-state index is 0. The Morgan fingerprint density at radius 2 is 1.25 bits per heavy atom. The third-order valence-electron chi connectivity index (χ3n) is 0. The third-order valence-corrected chi connectivity index (χ3v) is 0. The predicted molar refractivity (Wildman–Crippen MR) is 13.7 cm³/mol. The normalized spacial score (nSPS) is 0. The van der Waals surface area contributed by atoms with Crippen molar-refractivity contribution in [2.24, 2.45) is 0 Å². The maximum absolute atomic E-state index is 0. The van der Waals surface area contributed by atoms with E-state index in [1.54, 1.807) is 0 Å². The Hall–Kier alpha value is 4.27. The molecule has 0 fully saturated rings. The zero-order chi connectivity index (χ0) is 0. The van der Waals surface area contributed by atoms with Crippen LogP contribution in [0.25, 0.3) is 0 Å². The van der Waals surface area contributed by atoms with Gasteiger partial charge in [0.15, 0.2) is 0 Å². The molecule has 0 aliphatic carbocycles. The van der Waals surface area contributed by atoms with Gasteiger partial charge in [-0.25, -0.2) is 0 Å². The molecular weight excluding hydrogens is 483 g/mol. The molecule has 0 heterocycles. The van der Waals surface area contributed by atoms with Crippen LogP contribution in [0, 0.1) is 35.6 Å². The Labute approximate surface area is 128 Å². The van der Waals surface area contributed by atoms with Crippen molar-refractivity contribution in [1.82, 2.24) is 0 Å². The van der Waals surface area contributed by atoms with Crippen LogP contribution in [0.3, 0.4) is 0 Å². The van der Waals surface area contributed by atoms with E-state index in [1.165, 1.54) is 0 Å². The molecule has 0 atom stereocenters. The molecule has 0 aromatic heterocycles. The molecule has 0 spiro atoms. The van der Waals surface area contributed by atoms with Gasteiger partial charge in [-0.05, 0) is 0 Å². The summed E-state index contributed by atoms with van der Waals surface area (Å²) in [4.78, 5) is 0. The van der Waals surface area contributed by atoms with Gasteiger partial charge < -0.3 is 2.85 Å². The first-order valence-electron chi connectivity index (χ1n) is 0. The van der Waals surface area contributed by atoms with Crippen molar-refractivity contribution in [2.75, 3.05) is 0 Å². The summed E-state index contributed by atoms with van der Waals surface area (Å²) in [6, 6.07) is 0. The predicted octanol–water partition coefficient (Wildman–Crippen LogP) is -0.539. The molecule has 0 saturated carbocycles. The average molecular weight is 485 g/mol. The molecule has 0 aromatic rings. The summed E-state index contributed by atoms with van der Waals surface area (Å²) in [5.41, 5.74) is 0. The molecule has 0 aliphatic heterocycles. The van der Waals surface area contributed by atoms with Crippen molar-refractivity contribution in [2.45, 2.75) is 0 Å². The molecule has 4 radical (unpaired) electrons. The zero-order valence-corrected chi connectivity index (χ0v) is 14.4. The van der Waals surface area contributed by atoms with Crippen molar-refractivity contribution in [3.63, 3.8) is 0 Å². The van der Waals surface area contributed by atoms with Crippen LogP contribution in [0.2, 0.25) is 0 Å². The summed E-state index contributed by atoms with van der Waals surface area (Å²) in [5, 5.41) is 0. The van der Waals surface area contributed by atoms with E-state index in [1.807, 2.05) is 0 Å². The van der Waals surface area contributed by atoms with Crippen LogP contribution in [-0.4, -0.2) is 71.7 Å². The first-order valence-corrected chi connectivity index (χ1v) is 0. The molecule has 0 amide bonds. The van der Waals surface area contributed by atoms with Gasteiger partial charge in [-0.15, -0.1) is 0 Å². The molecule has 0 unspecified atom stereocenters. The van der Waals surface area contributed by atoms with Gasteiger partial charge in [0, 0.05) is 83.5 Å². The van der Waals surface area contributed by atoms with E-state index in [2.05, 4.69) is 0 Å². The van der Waals surface area contributed by atoms with Crippen molar-refractivity contribution in [1.29, 1.82) is 0 Å². The van der Waals surface area contributed by atoms with Gasteiger partial charge >= 0.3 is 45.5 Å². The van der Waals surface area contributed by atoms with Crippen LogP contribution in [0.4, 0.5) is 0 Å². The van der Waals surface area contributed by atoms with E-state index in [0.29, 0.717) is 0 Å². The first-order chi connectivity index (χ1) is 0. The molecule has 0 aliphatic rings. The zero-order valence-electron chi connectivity index (χ0n) is 4.23. The topological polar surface area (TPSA) is 0 Å². The second kappa shape index (κ2) is 15.7. The second-order valence-electron chi connectivity index (χ2n) is 0. The van der Waals surface area contributed by atoms with E-state index in [9.17, 15) is 0 Å². The van der Waals surface area contributed by atoms with E-state index < -0.39 is 0 Å². The van der Waals surface area contributed by atoms with Crippen LogP contribution in [-0.2, 0) is 21.7 Å². The van der Waals surface area contributed by atoms with Gasteiger partial charge in [-0.2, -0.15) is 0 Å². The molecule has 0 rings (SSSR count). The molecule has 16 valence electrons. The number of hydrogen-bond acceptors (Lipinski definition) is 0. The van der Waals surface area contributed by atoms with Crippen LogP contribution in [0.1, 0.15) is 2.85 Å². The molecule has 0 bridgehead atoms. The molecule has 4 heavy (non-hydrogen) atoms. The van der Waals surface area contributed by atoms with Gasteiger partial charge in [-0.3, -0.25) is 0 Å². The Morgan fingerprint density at radius 3 is 1.25 bits per heavy atom. The van der Waals surface area contributed by atoms with Gasteiger partial charge in [-0.1, -0.05) is 0 Å². The molecule has 0 aromatic carbocycles. The maximum atomic E-state index is 0. The largest absolute Gasteiger partial charge is 2.00 e. The SMILES string of the molecule is [Bi].[H-].[H-].[La].[Sr+2].[Ti]. The molecular formula is H2BiLaSrTi. The molecule has 4 heteroatoms. The summed E-state index contributed by atoms with van der Waals surface area (Å²) < 4.78 is 0. The summed E-state index contributed by atoms with van der Waals surface area (Å²) >= 11 is 0. The first kappa shape index (κ1) is 24.0. The fourth-order valence-electron chi connectivity index (χ4n) is 0. The van der Waals surface area contributed by atoms with Crippen LogP contribution in [0.5, 0.6) is 0 Å². The fourth-order valence-corrected chi connectivity index (χ4v) is 0. The van der Waals surface area contributed by atoms with Gasteiger partial charge in [0.25, 0.3) is 0 Å². The Bertz CT molecular complexity index is 13.5. The van der Waals surface area contributed by atoms with Crippen molar-refractivity contribution >= 4 is 71.7 Å². The van der Waals surface area contributed by atoms with Crippen molar-refractivity contribution < 1.29 is 60.2 Å². The summed E-state index contributed by atoms with van der Waals surface area (Å²) in [6.45, 7) is 0.